The standard InChI is InChI=1S/C17H27N3O4S/c1-13-11-20(12-14(2)24-13)10-4-9-19-25(22,23)16-7-5-15(6-8-16)17(21)18-3/h5-8,13-14,19H,4,9-12H2,1-3H3,(H,18,21). The molecule has 1 heterocycles. The van der Waals surface area contributed by atoms with Crippen molar-refractivity contribution >= 4 is 15.9 Å². The van der Waals surface area contributed by atoms with Crippen molar-refractivity contribution in [1.29, 1.82) is 0 Å². The SMILES string of the molecule is CNC(=O)c1ccc(S(=O)(=O)NCCCN2CC(C)OC(C)C2)cc1. The van der Waals surface area contributed by atoms with Crippen molar-refractivity contribution < 1.29 is 17.9 Å². The number of carbonyl (C=O) groups excluding carboxylic acids is 1. The Morgan fingerprint density at radius 2 is 1.80 bits per heavy atom. The first-order valence-corrected chi connectivity index (χ1v) is 10.00. The van der Waals surface area contributed by atoms with Crippen molar-refractivity contribution in [3.63, 3.8) is 0 Å². The highest BCUT2D eigenvalue weighted by molar-refractivity contribution is 7.89. The van der Waals surface area contributed by atoms with Crippen LogP contribution in [0.15, 0.2) is 29.2 Å². The summed E-state index contributed by atoms with van der Waals surface area (Å²) < 4.78 is 32.9. The minimum atomic E-state index is -3.56. The Hall–Kier alpha value is -1.48. The molecule has 25 heavy (non-hydrogen) atoms. The van der Waals surface area contributed by atoms with Crippen molar-refractivity contribution in [2.45, 2.75) is 37.4 Å². The third-order valence-corrected chi connectivity index (χ3v) is 5.57. The molecule has 0 spiro atoms. The van der Waals surface area contributed by atoms with Crippen LogP contribution in [0.2, 0.25) is 0 Å². The number of hydrogen-bond acceptors (Lipinski definition) is 5. The second-order valence-corrected chi connectivity index (χ2v) is 8.14. The lowest BCUT2D eigenvalue weighted by Crippen LogP contribution is -2.46. The van der Waals surface area contributed by atoms with E-state index in [-0.39, 0.29) is 23.0 Å². The largest absolute Gasteiger partial charge is 0.373 e. The van der Waals surface area contributed by atoms with Gasteiger partial charge in [-0.05, 0) is 51.1 Å². The first-order valence-electron chi connectivity index (χ1n) is 8.51. The van der Waals surface area contributed by atoms with E-state index in [9.17, 15) is 13.2 Å². The van der Waals surface area contributed by atoms with E-state index >= 15 is 0 Å². The van der Waals surface area contributed by atoms with Gasteiger partial charge in [0.05, 0.1) is 17.1 Å². The smallest absolute Gasteiger partial charge is 0.251 e. The van der Waals surface area contributed by atoms with Gasteiger partial charge in [0.1, 0.15) is 0 Å². The van der Waals surface area contributed by atoms with E-state index in [2.05, 4.69) is 14.9 Å². The molecule has 2 unspecified atom stereocenters. The van der Waals surface area contributed by atoms with E-state index in [1.54, 1.807) is 0 Å². The molecular weight excluding hydrogens is 342 g/mol. The zero-order chi connectivity index (χ0) is 18.4. The van der Waals surface area contributed by atoms with Crippen LogP contribution in [0, 0.1) is 0 Å². The summed E-state index contributed by atoms with van der Waals surface area (Å²) in [5.74, 6) is -0.245. The van der Waals surface area contributed by atoms with E-state index in [4.69, 9.17) is 4.74 Å². The molecule has 0 aliphatic carbocycles. The van der Waals surface area contributed by atoms with E-state index in [1.165, 1.54) is 31.3 Å². The number of nitrogens with one attached hydrogen (secondary N) is 2. The van der Waals surface area contributed by atoms with Crippen LogP contribution < -0.4 is 10.0 Å². The fraction of sp³-hybridized carbons (Fsp3) is 0.588. The van der Waals surface area contributed by atoms with E-state index in [1.807, 2.05) is 13.8 Å². The predicted octanol–water partition coefficient (Wildman–Crippen LogP) is 0.824. The van der Waals surface area contributed by atoms with Crippen LogP contribution in [0.25, 0.3) is 0 Å². The second-order valence-electron chi connectivity index (χ2n) is 6.37. The molecule has 2 atom stereocenters. The fourth-order valence-electron chi connectivity index (χ4n) is 2.99. The van der Waals surface area contributed by atoms with Crippen LogP contribution in [0.4, 0.5) is 0 Å². The normalized spacial score (nSPS) is 21.9. The molecular formula is C17H27N3O4S. The lowest BCUT2D eigenvalue weighted by atomic mass is 10.2. The van der Waals surface area contributed by atoms with Gasteiger partial charge in [-0.2, -0.15) is 0 Å². The molecule has 140 valence electrons. The summed E-state index contributed by atoms with van der Waals surface area (Å²) in [6.07, 6.45) is 1.15. The monoisotopic (exact) mass is 369 g/mol. The Balaban J connectivity index is 1.82. The summed E-state index contributed by atoms with van der Waals surface area (Å²) in [6.45, 7) is 7.05. The maximum atomic E-state index is 12.3. The Kier molecular flexibility index (Phi) is 6.95. The van der Waals surface area contributed by atoms with Crippen LogP contribution in [-0.4, -0.2) is 64.7 Å². The Labute approximate surface area is 149 Å². The van der Waals surface area contributed by atoms with Gasteiger partial charge in [0.2, 0.25) is 10.0 Å². The molecule has 0 aromatic heterocycles. The molecule has 1 amide bonds. The molecule has 8 heteroatoms. The van der Waals surface area contributed by atoms with Crippen LogP contribution in [0.3, 0.4) is 0 Å². The van der Waals surface area contributed by atoms with Gasteiger partial charge in [-0.15, -0.1) is 0 Å². The van der Waals surface area contributed by atoms with Crippen molar-refractivity contribution in [1.82, 2.24) is 14.9 Å². The number of rotatable bonds is 7. The minimum absolute atomic E-state index is 0.161. The van der Waals surface area contributed by atoms with Crippen LogP contribution in [0.5, 0.6) is 0 Å². The quantitative estimate of drug-likeness (QED) is 0.695. The van der Waals surface area contributed by atoms with Crippen molar-refractivity contribution in [2.24, 2.45) is 0 Å². The van der Waals surface area contributed by atoms with Gasteiger partial charge in [0, 0.05) is 32.2 Å². The number of hydrogen-bond donors (Lipinski definition) is 2. The second kappa shape index (κ2) is 8.75. The van der Waals surface area contributed by atoms with Gasteiger partial charge in [0.25, 0.3) is 5.91 Å². The zero-order valence-corrected chi connectivity index (χ0v) is 15.8. The topological polar surface area (TPSA) is 87.7 Å². The third kappa shape index (κ3) is 5.78. The first-order chi connectivity index (χ1) is 11.8. The highest BCUT2D eigenvalue weighted by Gasteiger charge is 2.21. The Morgan fingerprint density at radius 3 is 2.36 bits per heavy atom. The van der Waals surface area contributed by atoms with Crippen LogP contribution in [-0.2, 0) is 14.8 Å². The molecule has 1 saturated heterocycles. The molecule has 1 aliphatic heterocycles. The van der Waals surface area contributed by atoms with Gasteiger partial charge < -0.3 is 10.1 Å². The third-order valence-electron chi connectivity index (χ3n) is 4.09. The van der Waals surface area contributed by atoms with E-state index in [0.717, 1.165) is 26.1 Å². The summed E-state index contributed by atoms with van der Waals surface area (Å²) in [6, 6.07) is 5.89. The lowest BCUT2D eigenvalue weighted by Gasteiger charge is -2.35. The summed E-state index contributed by atoms with van der Waals surface area (Å²) in [4.78, 5) is 13.9. The molecule has 1 aromatic rings. The Morgan fingerprint density at radius 1 is 1.20 bits per heavy atom. The average molecular weight is 369 g/mol. The molecule has 1 fully saturated rings. The summed E-state index contributed by atoms with van der Waals surface area (Å²) in [5.41, 5.74) is 0.428. The number of ether oxygens (including phenoxy) is 1. The van der Waals surface area contributed by atoms with Gasteiger partial charge >= 0.3 is 0 Å². The number of sulfonamides is 1. The number of benzene rings is 1. The minimum Gasteiger partial charge on any atom is -0.373 e. The fourth-order valence-corrected chi connectivity index (χ4v) is 4.06. The first kappa shape index (κ1) is 19.8. The zero-order valence-electron chi connectivity index (χ0n) is 15.0. The van der Waals surface area contributed by atoms with Crippen molar-refractivity contribution in [3.8, 4) is 0 Å². The molecule has 1 aliphatic rings. The number of amides is 1. The number of morpholine rings is 1. The highest BCUT2D eigenvalue weighted by atomic mass is 32.2. The van der Waals surface area contributed by atoms with Gasteiger partial charge in [-0.25, -0.2) is 13.1 Å². The molecule has 1 aromatic carbocycles. The van der Waals surface area contributed by atoms with Crippen molar-refractivity contribution in [3.05, 3.63) is 29.8 Å². The summed E-state index contributed by atoms with van der Waals surface area (Å²) >= 11 is 0. The average Bonchev–Trinajstić information content (AvgIpc) is 2.57. The summed E-state index contributed by atoms with van der Waals surface area (Å²) in [7, 11) is -2.03. The van der Waals surface area contributed by atoms with Crippen LogP contribution >= 0.6 is 0 Å². The lowest BCUT2D eigenvalue weighted by molar-refractivity contribution is -0.0679. The molecule has 7 nitrogen and oxygen atoms in total. The maximum absolute atomic E-state index is 12.3. The Bertz CT molecular complexity index is 666. The molecule has 0 radical (unpaired) electrons. The van der Waals surface area contributed by atoms with E-state index < -0.39 is 10.0 Å². The molecule has 0 bridgehead atoms. The maximum Gasteiger partial charge on any atom is 0.251 e. The predicted molar refractivity (Wildman–Crippen MR) is 96.1 cm³/mol. The number of carbonyl (C=O) groups is 1. The molecule has 2 rings (SSSR count). The highest BCUT2D eigenvalue weighted by Crippen LogP contribution is 2.12. The summed E-state index contributed by atoms with van der Waals surface area (Å²) in [5, 5.41) is 2.50. The van der Waals surface area contributed by atoms with Gasteiger partial charge in [-0.1, -0.05) is 0 Å². The van der Waals surface area contributed by atoms with Gasteiger partial charge in [-0.3, -0.25) is 9.69 Å². The van der Waals surface area contributed by atoms with Gasteiger partial charge in [0.15, 0.2) is 0 Å². The van der Waals surface area contributed by atoms with E-state index in [0.29, 0.717) is 12.1 Å². The van der Waals surface area contributed by atoms with Crippen molar-refractivity contribution in [2.75, 3.05) is 33.2 Å². The molecule has 2 N–H and O–H groups in total. The number of nitrogens with zero attached hydrogens (tertiary/aromatic N) is 1. The van der Waals surface area contributed by atoms with Crippen LogP contribution in [0.1, 0.15) is 30.6 Å². The molecule has 0 saturated carbocycles.